The minimum Gasteiger partial charge on any atom is -0.469 e. The molecule has 6 rings (SSSR count). The van der Waals surface area contributed by atoms with Crippen LogP contribution in [-0.2, 0) is 68.4 Å². The van der Waals surface area contributed by atoms with Crippen molar-refractivity contribution in [3.63, 3.8) is 0 Å². The smallest absolute Gasteiger partial charge is 0.469 e. The molecular formula is C24H50F3O16RfSi8. The van der Waals surface area contributed by atoms with E-state index in [1.54, 1.807) is 60.1 Å². The molecule has 6 heterocycles. The number of esters is 2. The number of alkyl halides is 3. The third-order valence-electron chi connectivity index (χ3n) is 8.29. The number of hydrogen-bond acceptors (Lipinski definition) is 16. The Bertz CT molecular complexity index is 1290. The van der Waals surface area contributed by atoms with Gasteiger partial charge in [-0.05, 0) is 46.5 Å². The normalized spacial score (nSPS) is 39.7. The van der Waals surface area contributed by atoms with E-state index in [4.69, 9.17) is 58.9 Å². The molecule has 0 saturated carbocycles. The molecule has 0 N–H and O–H groups in total. The summed E-state index contributed by atoms with van der Waals surface area (Å²) in [4.78, 5) is 25.6. The first kappa shape index (κ1) is 45.4. The van der Waals surface area contributed by atoms with Crippen molar-refractivity contribution in [2.24, 2.45) is 10.8 Å². The second kappa shape index (κ2) is 15.1. The number of methoxy groups -OCH3 is 1. The van der Waals surface area contributed by atoms with Crippen LogP contribution in [-0.4, -0.2) is 103 Å². The van der Waals surface area contributed by atoms with Crippen molar-refractivity contribution < 1.29 is 81.6 Å². The number of ether oxygens (including phenoxy) is 2. The molecule has 0 aromatic carbocycles. The molecule has 0 aliphatic carbocycles. The molecule has 297 valence electrons. The summed E-state index contributed by atoms with van der Waals surface area (Å²) in [7, 11) is -26.7. The first-order chi connectivity index (χ1) is 23.1. The van der Waals surface area contributed by atoms with E-state index in [-0.39, 0.29) is 25.5 Å². The van der Waals surface area contributed by atoms with Gasteiger partial charge in [-0.25, -0.2) is 0 Å². The molecule has 6 aliphatic heterocycles. The van der Waals surface area contributed by atoms with Gasteiger partial charge in [0.2, 0.25) is 0 Å². The van der Waals surface area contributed by atoms with Crippen LogP contribution in [0, 0.1) is 10.8 Å². The average Bonchev–Trinajstić information content (AvgIpc) is 2.88. The van der Waals surface area contributed by atoms with Crippen LogP contribution in [0.25, 0.3) is 0 Å². The molecule has 6 aliphatic rings. The van der Waals surface area contributed by atoms with E-state index in [0.29, 0.717) is 12.8 Å². The predicted molar refractivity (Wildman–Crippen MR) is 184 cm³/mol. The van der Waals surface area contributed by atoms with Crippen LogP contribution in [0.2, 0.25) is 45.3 Å². The van der Waals surface area contributed by atoms with Gasteiger partial charge in [-0.1, -0.05) is 13.8 Å². The maximum absolute atomic E-state index is 13.3. The van der Waals surface area contributed by atoms with Crippen LogP contribution in [0.5, 0.6) is 0 Å². The van der Waals surface area contributed by atoms with E-state index >= 15 is 0 Å². The van der Waals surface area contributed by atoms with Crippen molar-refractivity contribution in [2.45, 2.75) is 118 Å². The zero-order valence-electron chi connectivity index (χ0n) is 31.8. The van der Waals surface area contributed by atoms with Gasteiger partial charge in [0.1, 0.15) is 0 Å². The topological polar surface area (TPSA) is 163 Å². The Hall–Kier alpha value is -1.01. The second-order valence-electron chi connectivity index (χ2n) is 14.4. The zero-order chi connectivity index (χ0) is 38.6. The third kappa shape index (κ3) is 10.6. The summed E-state index contributed by atoms with van der Waals surface area (Å²) in [6.07, 6.45) is -3.40. The number of carbonyl (C=O) groups excluding carboxylic acids is 2. The molecular weight excluding hydrogens is 1090 g/mol. The summed E-state index contributed by atoms with van der Waals surface area (Å²) in [5.74, 6) is -0.812. The monoisotopic (exact) mass is 1140 g/mol. The summed E-state index contributed by atoms with van der Waals surface area (Å²) >= 11 is 0. The molecule has 16 nitrogen and oxygen atoms in total. The maximum Gasteiger partial charge on any atom is 0.553 e. The Morgan fingerprint density at radius 3 is 1.46 bits per heavy atom. The molecule has 8 bridgehead atoms. The molecule has 0 aromatic heterocycles. The van der Waals surface area contributed by atoms with Gasteiger partial charge in [-0.2, -0.15) is 13.2 Å². The van der Waals surface area contributed by atoms with Gasteiger partial charge < -0.3 is 58.9 Å². The SMILES string of the molecule is CCC(C)(CC(C)(C)C(=O)OC)C(=O)OCCC[Si]12O[Si]3(C)O[Si]4O[Si]5(C)O[Si](C)(O3)O[Si](C)(O[Si](C)(O5)O[Si](C)(O4)O1)O2.CCCC(F)(F)F.[Rf]. The fourth-order valence-electron chi connectivity index (χ4n) is 6.55. The van der Waals surface area contributed by atoms with Crippen LogP contribution in [0.15, 0.2) is 0 Å². The Kier molecular flexibility index (Phi) is 13.2. The quantitative estimate of drug-likeness (QED) is 0.165. The van der Waals surface area contributed by atoms with E-state index in [1.165, 1.54) is 14.0 Å². The molecule has 52 heavy (non-hydrogen) atoms. The van der Waals surface area contributed by atoms with E-state index < -0.39 is 107 Å². The summed E-state index contributed by atoms with van der Waals surface area (Å²) in [6, 6.07) is 0.185. The minimum atomic E-state index is -3.95. The Morgan fingerprint density at radius 2 is 1.08 bits per heavy atom. The summed E-state index contributed by atoms with van der Waals surface area (Å²) < 4.78 is 122. The summed E-state index contributed by atoms with van der Waals surface area (Å²) in [6.45, 7) is 19.0. The molecule has 5 unspecified atom stereocenters. The van der Waals surface area contributed by atoms with Gasteiger partial charge in [-0.15, -0.1) is 0 Å². The van der Waals surface area contributed by atoms with Crippen molar-refractivity contribution in [3.05, 3.63) is 0 Å². The van der Waals surface area contributed by atoms with Gasteiger partial charge in [0.05, 0.1) is 24.5 Å². The summed E-state index contributed by atoms with van der Waals surface area (Å²) in [5, 5.41) is 0. The Morgan fingerprint density at radius 1 is 0.673 bits per heavy atom. The van der Waals surface area contributed by atoms with Gasteiger partial charge in [0, 0.05) is 51.7 Å². The number of hydrogen-bond donors (Lipinski definition) is 0. The van der Waals surface area contributed by atoms with E-state index in [2.05, 4.69) is 0 Å². The summed E-state index contributed by atoms with van der Waals surface area (Å²) in [5.41, 5.74) is -1.78. The fourth-order valence-corrected chi connectivity index (χ4v) is 47.9. The minimum absolute atomic E-state index is 0. The molecule has 6 saturated heterocycles. The van der Waals surface area contributed by atoms with Crippen LogP contribution in [0.4, 0.5) is 13.2 Å². The number of carbonyl (C=O) groups is 2. The molecule has 6 fully saturated rings. The standard InChI is InChI=1S/C20H43O16Si8.C4H7F3.Rf/c1-12-20(4,16-19(2,3)17(21)23-5)18(22)24-14-13-15-44-34-39(7)26-37-25-38(6)28-41(9,30-39)32-43(11,36-44)33-42(10,29-38)31-40(8,27-37)35-44;1-2-3-4(5,6)7;/h12-16H2,1-11H3;2-3H2,1H3;. The largest absolute Gasteiger partial charge is 0.553 e. The molecule has 0 aromatic rings. The van der Waals surface area contributed by atoms with Crippen molar-refractivity contribution in [1.29, 1.82) is 0 Å². The average molecular weight is 1140 g/mol. The van der Waals surface area contributed by atoms with Gasteiger partial charge in [-0.3, -0.25) is 9.59 Å². The zero-order valence-corrected chi connectivity index (χ0v) is 46.2. The first-order valence-electron chi connectivity index (χ1n) is 16.7. The number of halogens is 3. The molecule has 5 atom stereocenters. The Balaban J connectivity index is 0.000000828. The number of rotatable bonds is 10. The molecule has 0 amide bonds. The third-order valence-corrected chi connectivity index (χ3v) is 41.7. The van der Waals surface area contributed by atoms with Crippen molar-refractivity contribution in [2.75, 3.05) is 13.7 Å². The van der Waals surface area contributed by atoms with E-state index in [0.717, 1.165) is 0 Å². The second-order valence-corrected chi connectivity index (χ2v) is 36.9. The van der Waals surface area contributed by atoms with Crippen LogP contribution >= 0.6 is 0 Å². The Labute approximate surface area is 306 Å². The maximum atomic E-state index is 13.3. The van der Waals surface area contributed by atoms with Crippen molar-refractivity contribution in [3.8, 4) is 0 Å². The van der Waals surface area contributed by atoms with Gasteiger partial charge in [0.25, 0.3) is 0 Å². The molecule has 1 radical (unpaired) electrons. The van der Waals surface area contributed by atoms with E-state index in [9.17, 15) is 22.8 Å². The van der Waals surface area contributed by atoms with Gasteiger partial charge >= 0.3 is 89.3 Å². The molecule has 0 spiro atoms. The fraction of sp³-hybridized carbons (Fsp3) is 0.917. The van der Waals surface area contributed by atoms with Crippen molar-refractivity contribution in [1.82, 2.24) is 0 Å². The van der Waals surface area contributed by atoms with Crippen LogP contribution in [0.1, 0.15) is 66.7 Å². The predicted octanol–water partition coefficient (Wildman–Crippen LogP) is 4.88. The van der Waals surface area contributed by atoms with Crippen LogP contribution < -0.4 is 0 Å². The van der Waals surface area contributed by atoms with Crippen molar-refractivity contribution >= 4 is 83.1 Å². The van der Waals surface area contributed by atoms with E-state index in [1.807, 2.05) is 6.92 Å². The first-order valence-corrected chi connectivity index (χ1v) is 33.2. The molecule has 28 heteroatoms. The van der Waals surface area contributed by atoms with Gasteiger partial charge in [0.15, 0.2) is 0 Å². The van der Waals surface area contributed by atoms with Crippen LogP contribution in [0.3, 0.4) is 0 Å².